The Bertz CT molecular complexity index is 366. The summed E-state index contributed by atoms with van der Waals surface area (Å²) in [6, 6.07) is 0. The Morgan fingerprint density at radius 2 is 2.00 bits per heavy atom. The molecule has 6 nitrogen and oxygen atoms in total. The summed E-state index contributed by atoms with van der Waals surface area (Å²) in [6.07, 6.45) is 0. The van der Waals surface area contributed by atoms with Crippen molar-refractivity contribution in [1.82, 2.24) is 0 Å². The summed E-state index contributed by atoms with van der Waals surface area (Å²) in [5, 5.41) is 0. The Labute approximate surface area is 92.8 Å². The second kappa shape index (κ2) is 2.95. The molecule has 0 unspecified atom stereocenters. The van der Waals surface area contributed by atoms with Gasteiger partial charge in [0, 0.05) is 7.11 Å². The van der Waals surface area contributed by atoms with Crippen molar-refractivity contribution in [3.05, 3.63) is 0 Å². The van der Waals surface area contributed by atoms with Gasteiger partial charge in [-0.2, -0.15) is 0 Å². The van der Waals surface area contributed by atoms with Gasteiger partial charge in [0.05, 0.1) is 13.7 Å². The molecule has 0 aliphatic carbocycles. The van der Waals surface area contributed by atoms with Crippen molar-refractivity contribution in [2.24, 2.45) is 0 Å². The van der Waals surface area contributed by atoms with E-state index in [0.29, 0.717) is 0 Å². The highest BCUT2D eigenvalue weighted by molar-refractivity contribution is 6.11. The number of carbonyl (C=O) groups is 2. The largest absolute Gasteiger partial charge is 0.466 e. The zero-order valence-electron chi connectivity index (χ0n) is 9.66. The number of esters is 2. The number of carbonyl (C=O) groups excluding carboxylic acids is 2. The summed E-state index contributed by atoms with van der Waals surface area (Å²) in [6.45, 7) is 3.48. The van der Waals surface area contributed by atoms with E-state index in [1.807, 2.05) is 0 Å². The highest BCUT2D eigenvalue weighted by Gasteiger charge is 2.91. The van der Waals surface area contributed by atoms with Crippen LogP contribution in [0.5, 0.6) is 0 Å². The third kappa shape index (κ3) is 0.940. The first-order chi connectivity index (χ1) is 7.38. The van der Waals surface area contributed by atoms with Crippen molar-refractivity contribution in [3.63, 3.8) is 0 Å². The van der Waals surface area contributed by atoms with Crippen molar-refractivity contribution < 1.29 is 28.5 Å². The average Bonchev–Trinajstić information content (AvgIpc) is 2.83. The molecule has 0 bridgehead atoms. The number of cyclic esters (lactones) is 1. The van der Waals surface area contributed by atoms with Gasteiger partial charge in [0.25, 0.3) is 5.60 Å². The molecule has 2 heterocycles. The third-order valence-corrected chi connectivity index (χ3v) is 3.49. The molecule has 0 saturated carbocycles. The lowest BCUT2D eigenvalue weighted by Gasteiger charge is -2.27. The first-order valence-electron chi connectivity index (χ1n) is 4.89. The number of fused-ring (bicyclic) bond motifs is 1. The summed E-state index contributed by atoms with van der Waals surface area (Å²) in [5.74, 6) is -1.43. The van der Waals surface area contributed by atoms with Crippen LogP contribution in [0.3, 0.4) is 0 Å². The van der Waals surface area contributed by atoms with Crippen molar-refractivity contribution in [2.45, 2.75) is 30.7 Å². The molecular weight excluding hydrogens is 216 g/mol. The molecule has 0 aromatic carbocycles. The van der Waals surface area contributed by atoms with Gasteiger partial charge in [-0.1, -0.05) is 0 Å². The first kappa shape index (κ1) is 11.3. The van der Waals surface area contributed by atoms with E-state index in [9.17, 15) is 9.59 Å². The summed E-state index contributed by atoms with van der Waals surface area (Å²) < 4.78 is 20.1. The summed E-state index contributed by atoms with van der Waals surface area (Å²) in [7, 11) is 2.70. The van der Waals surface area contributed by atoms with E-state index in [1.54, 1.807) is 13.8 Å². The van der Waals surface area contributed by atoms with Crippen LogP contribution in [0.25, 0.3) is 0 Å². The van der Waals surface area contributed by atoms with Crippen LogP contribution in [-0.2, 0) is 28.5 Å². The quantitative estimate of drug-likeness (QED) is 0.375. The smallest absolute Gasteiger partial charge is 0.354 e. The standard InChI is InChI=1S/C10H14O6/c1-8(5-13-3)9(2)10(16-9,6(11)14-4)7(12)15-8/h5H2,1-4H3/t8-,9-,10+/m0/s1. The minimum atomic E-state index is -1.60. The van der Waals surface area contributed by atoms with Crippen LogP contribution in [0.1, 0.15) is 13.8 Å². The molecule has 16 heavy (non-hydrogen) atoms. The Kier molecular flexibility index (Phi) is 2.09. The van der Waals surface area contributed by atoms with E-state index in [0.717, 1.165) is 0 Å². The molecule has 2 rings (SSSR count). The predicted octanol–water partition coefficient (Wildman–Crippen LogP) is -0.351. The van der Waals surface area contributed by atoms with Gasteiger partial charge in [-0.15, -0.1) is 0 Å². The number of ether oxygens (including phenoxy) is 4. The zero-order chi connectivity index (χ0) is 12.2. The number of hydrogen-bond donors (Lipinski definition) is 0. The second-order valence-electron chi connectivity index (χ2n) is 4.36. The topological polar surface area (TPSA) is 74.4 Å². The van der Waals surface area contributed by atoms with Crippen LogP contribution in [0, 0.1) is 0 Å². The van der Waals surface area contributed by atoms with Crippen molar-refractivity contribution in [3.8, 4) is 0 Å². The Balaban J connectivity index is 2.37. The van der Waals surface area contributed by atoms with Crippen molar-refractivity contribution >= 4 is 11.9 Å². The lowest BCUT2D eigenvalue weighted by molar-refractivity contribution is -0.176. The molecule has 0 radical (unpaired) electrons. The van der Waals surface area contributed by atoms with E-state index < -0.39 is 28.7 Å². The fraction of sp³-hybridized carbons (Fsp3) is 0.800. The number of epoxide rings is 1. The third-order valence-electron chi connectivity index (χ3n) is 3.49. The minimum Gasteiger partial charge on any atom is -0.466 e. The minimum absolute atomic E-state index is 0.161. The van der Waals surface area contributed by atoms with E-state index >= 15 is 0 Å². The maximum absolute atomic E-state index is 11.7. The SMILES string of the molecule is COC[C@]1(C)OC(=O)[C@@]2(C(=O)OC)O[C@]21C. The van der Waals surface area contributed by atoms with Gasteiger partial charge < -0.3 is 18.9 Å². The van der Waals surface area contributed by atoms with Crippen LogP contribution in [0.4, 0.5) is 0 Å². The van der Waals surface area contributed by atoms with Gasteiger partial charge in [-0.3, -0.25) is 0 Å². The zero-order valence-corrected chi connectivity index (χ0v) is 9.66. The fourth-order valence-electron chi connectivity index (χ4n) is 2.28. The van der Waals surface area contributed by atoms with Gasteiger partial charge in [0.1, 0.15) is 0 Å². The molecular formula is C10H14O6. The second-order valence-corrected chi connectivity index (χ2v) is 4.36. The number of methoxy groups -OCH3 is 2. The molecule has 3 atom stereocenters. The molecule has 0 amide bonds. The number of rotatable bonds is 3. The summed E-state index contributed by atoms with van der Waals surface area (Å²) in [4.78, 5) is 23.3. The van der Waals surface area contributed by atoms with Gasteiger partial charge in [-0.05, 0) is 13.8 Å². The molecule has 0 spiro atoms. The highest BCUT2D eigenvalue weighted by Crippen LogP contribution is 2.62. The van der Waals surface area contributed by atoms with Crippen LogP contribution in [0.15, 0.2) is 0 Å². The van der Waals surface area contributed by atoms with Gasteiger partial charge in [0.2, 0.25) is 0 Å². The molecule has 2 fully saturated rings. The molecule has 6 heteroatoms. The van der Waals surface area contributed by atoms with Crippen LogP contribution < -0.4 is 0 Å². The van der Waals surface area contributed by atoms with Crippen LogP contribution >= 0.6 is 0 Å². The molecule has 90 valence electrons. The summed E-state index contributed by atoms with van der Waals surface area (Å²) >= 11 is 0. The average molecular weight is 230 g/mol. The maximum Gasteiger partial charge on any atom is 0.354 e. The first-order valence-corrected chi connectivity index (χ1v) is 4.89. The van der Waals surface area contributed by atoms with E-state index in [4.69, 9.17) is 14.2 Å². The molecule has 2 aliphatic heterocycles. The molecule has 0 aromatic rings. The molecule has 0 aromatic heterocycles. The highest BCUT2D eigenvalue weighted by atomic mass is 16.7. The lowest BCUT2D eigenvalue weighted by Crippen LogP contribution is -2.45. The Morgan fingerprint density at radius 1 is 1.38 bits per heavy atom. The lowest BCUT2D eigenvalue weighted by atomic mass is 9.84. The van der Waals surface area contributed by atoms with E-state index in [2.05, 4.69) is 4.74 Å². The van der Waals surface area contributed by atoms with Gasteiger partial charge in [0.15, 0.2) is 11.2 Å². The van der Waals surface area contributed by atoms with Crippen LogP contribution in [0.2, 0.25) is 0 Å². The Hall–Kier alpha value is -1.14. The maximum atomic E-state index is 11.7. The fourth-order valence-corrected chi connectivity index (χ4v) is 2.28. The number of hydrogen-bond acceptors (Lipinski definition) is 6. The van der Waals surface area contributed by atoms with Gasteiger partial charge in [-0.25, -0.2) is 9.59 Å². The monoisotopic (exact) mass is 230 g/mol. The van der Waals surface area contributed by atoms with E-state index in [-0.39, 0.29) is 6.61 Å². The van der Waals surface area contributed by atoms with E-state index in [1.165, 1.54) is 14.2 Å². The van der Waals surface area contributed by atoms with Gasteiger partial charge >= 0.3 is 11.9 Å². The normalized spacial score (nSPS) is 44.9. The summed E-state index contributed by atoms with van der Waals surface area (Å²) in [5.41, 5.74) is -3.58. The predicted molar refractivity (Wildman–Crippen MR) is 50.6 cm³/mol. The van der Waals surface area contributed by atoms with Crippen molar-refractivity contribution in [2.75, 3.05) is 20.8 Å². The molecule has 2 aliphatic rings. The molecule has 2 saturated heterocycles. The van der Waals surface area contributed by atoms with Crippen LogP contribution in [-0.4, -0.2) is 49.6 Å². The van der Waals surface area contributed by atoms with Crippen molar-refractivity contribution in [1.29, 1.82) is 0 Å². The Morgan fingerprint density at radius 3 is 2.44 bits per heavy atom. The molecule has 0 N–H and O–H groups in total.